The fourth-order valence-electron chi connectivity index (χ4n) is 1.84. The number of hydrogen-bond acceptors (Lipinski definition) is 4. The lowest BCUT2D eigenvalue weighted by Crippen LogP contribution is -2.43. The lowest BCUT2D eigenvalue weighted by Gasteiger charge is -2.17. The van der Waals surface area contributed by atoms with E-state index in [2.05, 4.69) is 10.1 Å². The number of halogens is 2. The molecule has 0 saturated carbocycles. The number of nitrogens with zero attached hydrogens (tertiary/aromatic N) is 1. The van der Waals surface area contributed by atoms with Crippen LogP contribution in [0.1, 0.15) is 18.9 Å². The first kappa shape index (κ1) is 17.6. The Morgan fingerprint density at radius 1 is 1.36 bits per heavy atom. The minimum atomic E-state index is -1.05. The summed E-state index contributed by atoms with van der Waals surface area (Å²) in [4.78, 5) is 23.5. The van der Waals surface area contributed by atoms with E-state index >= 15 is 0 Å². The Hall–Kier alpha value is -2.49. The average Bonchev–Trinajstić information content (AvgIpc) is 2.49. The van der Waals surface area contributed by atoms with Gasteiger partial charge in [-0.1, -0.05) is 6.07 Å². The van der Waals surface area contributed by atoms with Gasteiger partial charge in [-0.3, -0.25) is 4.79 Å². The Balaban J connectivity index is 2.72. The molecule has 0 unspecified atom stereocenters. The van der Waals surface area contributed by atoms with E-state index < -0.39 is 35.5 Å². The molecule has 118 valence electrons. The van der Waals surface area contributed by atoms with Crippen molar-refractivity contribution in [1.29, 1.82) is 5.26 Å². The van der Waals surface area contributed by atoms with E-state index in [0.29, 0.717) is 0 Å². The summed E-state index contributed by atoms with van der Waals surface area (Å²) in [5, 5.41) is 11.2. The minimum Gasteiger partial charge on any atom is -0.467 e. The highest BCUT2D eigenvalue weighted by molar-refractivity contribution is 5.85. The summed E-state index contributed by atoms with van der Waals surface area (Å²) in [6, 6.07) is 4.12. The standard InChI is InChI=1S/C15H16F2N2O3/c1-9(8-18)5-13(15(21)22-2)19-14(20)7-10-3-4-11(16)12(17)6-10/h3-4,6,9,13H,5,7H2,1-2H3,(H,19,20)/t9-,13-/m0/s1. The van der Waals surface area contributed by atoms with Gasteiger partial charge in [0.05, 0.1) is 19.6 Å². The third-order valence-electron chi connectivity index (χ3n) is 2.98. The molecule has 0 aliphatic carbocycles. The summed E-state index contributed by atoms with van der Waals surface area (Å²) in [5.74, 6) is -3.72. The summed E-state index contributed by atoms with van der Waals surface area (Å²) >= 11 is 0. The second-order valence-electron chi connectivity index (χ2n) is 4.83. The van der Waals surface area contributed by atoms with Gasteiger partial charge in [0, 0.05) is 5.92 Å². The summed E-state index contributed by atoms with van der Waals surface area (Å²) in [6.45, 7) is 1.61. The molecule has 0 radical (unpaired) electrons. The van der Waals surface area contributed by atoms with Crippen LogP contribution in [0.25, 0.3) is 0 Å². The van der Waals surface area contributed by atoms with Crippen molar-refractivity contribution in [2.45, 2.75) is 25.8 Å². The van der Waals surface area contributed by atoms with Gasteiger partial charge in [-0.2, -0.15) is 5.26 Å². The van der Waals surface area contributed by atoms with Crippen LogP contribution < -0.4 is 5.32 Å². The molecule has 1 rings (SSSR count). The average molecular weight is 310 g/mol. The Kier molecular flexibility index (Phi) is 6.45. The number of carbonyl (C=O) groups is 2. The van der Waals surface area contributed by atoms with Crippen molar-refractivity contribution in [3.63, 3.8) is 0 Å². The quantitative estimate of drug-likeness (QED) is 0.811. The van der Waals surface area contributed by atoms with Crippen LogP contribution in [0.5, 0.6) is 0 Å². The maximum Gasteiger partial charge on any atom is 0.328 e. The highest BCUT2D eigenvalue weighted by Crippen LogP contribution is 2.10. The topological polar surface area (TPSA) is 79.2 Å². The molecule has 1 amide bonds. The fourth-order valence-corrected chi connectivity index (χ4v) is 1.84. The van der Waals surface area contributed by atoms with Crippen LogP contribution in [0, 0.1) is 28.9 Å². The van der Waals surface area contributed by atoms with Crippen molar-refractivity contribution in [3.05, 3.63) is 35.4 Å². The second-order valence-corrected chi connectivity index (χ2v) is 4.83. The SMILES string of the molecule is COC(=O)[C@H](C[C@H](C)C#N)NC(=O)Cc1ccc(F)c(F)c1. The molecule has 0 aliphatic heterocycles. The van der Waals surface area contributed by atoms with E-state index in [9.17, 15) is 18.4 Å². The third kappa shape index (κ3) is 5.13. The number of benzene rings is 1. The molecule has 22 heavy (non-hydrogen) atoms. The lowest BCUT2D eigenvalue weighted by molar-refractivity contribution is -0.145. The van der Waals surface area contributed by atoms with Gasteiger partial charge < -0.3 is 10.1 Å². The summed E-state index contributed by atoms with van der Waals surface area (Å²) in [6.07, 6.45) is -0.113. The van der Waals surface area contributed by atoms with Crippen LogP contribution in [-0.4, -0.2) is 25.0 Å². The maximum atomic E-state index is 13.1. The lowest BCUT2D eigenvalue weighted by atomic mass is 10.0. The second kappa shape index (κ2) is 8.08. The van der Waals surface area contributed by atoms with Gasteiger partial charge in [0.2, 0.25) is 5.91 Å². The molecule has 2 atom stereocenters. The number of carbonyl (C=O) groups excluding carboxylic acids is 2. The molecule has 0 aromatic heterocycles. The highest BCUT2D eigenvalue weighted by atomic mass is 19.2. The van der Waals surface area contributed by atoms with Crippen molar-refractivity contribution in [2.24, 2.45) is 5.92 Å². The van der Waals surface area contributed by atoms with E-state index in [1.165, 1.54) is 13.2 Å². The van der Waals surface area contributed by atoms with E-state index in [-0.39, 0.29) is 18.4 Å². The van der Waals surface area contributed by atoms with E-state index in [0.717, 1.165) is 12.1 Å². The maximum absolute atomic E-state index is 13.1. The van der Waals surface area contributed by atoms with Crippen molar-refractivity contribution in [2.75, 3.05) is 7.11 Å². The van der Waals surface area contributed by atoms with Crippen molar-refractivity contribution in [3.8, 4) is 6.07 Å². The molecule has 1 N–H and O–H groups in total. The van der Waals surface area contributed by atoms with Gasteiger partial charge in [-0.25, -0.2) is 13.6 Å². The highest BCUT2D eigenvalue weighted by Gasteiger charge is 2.24. The number of ether oxygens (including phenoxy) is 1. The zero-order valence-corrected chi connectivity index (χ0v) is 12.2. The van der Waals surface area contributed by atoms with Crippen molar-refractivity contribution < 1.29 is 23.1 Å². The summed E-state index contributed by atoms with van der Waals surface area (Å²) in [7, 11) is 1.17. The molecule has 1 aromatic carbocycles. The van der Waals surface area contributed by atoms with E-state index in [4.69, 9.17) is 5.26 Å². The molecule has 7 heteroatoms. The number of nitrogens with one attached hydrogen (secondary N) is 1. The molecule has 0 aliphatic rings. The van der Waals surface area contributed by atoms with Crippen LogP contribution in [0.4, 0.5) is 8.78 Å². The van der Waals surface area contributed by atoms with E-state index in [1.807, 2.05) is 6.07 Å². The molecular weight excluding hydrogens is 294 g/mol. The molecule has 0 bridgehead atoms. The molecule has 1 aromatic rings. The fraction of sp³-hybridized carbons (Fsp3) is 0.400. The third-order valence-corrected chi connectivity index (χ3v) is 2.98. The van der Waals surface area contributed by atoms with Crippen molar-refractivity contribution in [1.82, 2.24) is 5.32 Å². The predicted molar refractivity (Wildman–Crippen MR) is 73.4 cm³/mol. The smallest absolute Gasteiger partial charge is 0.328 e. The monoisotopic (exact) mass is 310 g/mol. The molecule has 5 nitrogen and oxygen atoms in total. The molecule has 0 spiro atoms. The summed E-state index contributed by atoms with van der Waals surface area (Å²) in [5.41, 5.74) is 0.272. The van der Waals surface area contributed by atoms with Gasteiger partial charge >= 0.3 is 5.97 Å². The Morgan fingerprint density at radius 2 is 2.05 bits per heavy atom. The van der Waals surface area contributed by atoms with Crippen LogP contribution in [-0.2, 0) is 20.7 Å². The first-order valence-corrected chi connectivity index (χ1v) is 6.58. The van der Waals surface area contributed by atoms with E-state index in [1.54, 1.807) is 6.92 Å². The normalized spacial score (nSPS) is 12.9. The van der Waals surface area contributed by atoms with Crippen LogP contribution in [0.2, 0.25) is 0 Å². The molecule has 0 fully saturated rings. The van der Waals surface area contributed by atoms with Gasteiger partial charge in [-0.15, -0.1) is 0 Å². The molecular formula is C15H16F2N2O3. The Labute approximate surface area is 126 Å². The first-order valence-electron chi connectivity index (χ1n) is 6.58. The number of esters is 1. The number of rotatable bonds is 6. The van der Waals surface area contributed by atoms with Crippen LogP contribution in [0.15, 0.2) is 18.2 Å². The summed E-state index contributed by atoms with van der Waals surface area (Å²) < 4.78 is 30.5. The van der Waals surface area contributed by atoms with Gasteiger partial charge in [0.15, 0.2) is 11.6 Å². The molecule has 0 saturated heterocycles. The zero-order chi connectivity index (χ0) is 16.7. The number of methoxy groups -OCH3 is 1. The van der Waals surface area contributed by atoms with Crippen LogP contribution in [0.3, 0.4) is 0 Å². The van der Waals surface area contributed by atoms with Gasteiger partial charge in [-0.05, 0) is 31.0 Å². The molecule has 0 heterocycles. The first-order chi connectivity index (χ1) is 10.4. The Morgan fingerprint density at radius 3 is 2.59 bits per heavy atom. The van der Waals surface area contributed by atoms with Crippen LogP contribution >= 0.6 is 0 Å². The minimum absolute atomic E-state index is 0.104. The Bertz CT molecular complexity index is 599. The zero-order valence-electron chi connectivity index (χ0n) is 12.2. The largest absolute Gasteiger partial charge is 0.467 e. The predicted octanol–water partition coefficient (Wildman–Crippen LogP) is 1.71. The van der Waals surface area contributed by atoms with Crippen molar-refractivity contribution >= 4 is 11.9 Å². The van der Waals surface area contributed by atoms with Gasteiger partial charge in [0.25, 0.3) is 0 Å². The number of nitriles is 1. The number of amides is 1. The number of hydrogen-bond donors (Lipinski definition) is 1. The van der Waals surface area contributed by atoms with Gasteiger partial charge in [0.1, 0.15) is 6.04 Å².